The molecule has 0 bridgehead atoms. The number of thiol groups is 1. The average Bonchev–Trinajstić information content (AvgIpc) is 3.41. The Morgan fingerprint density at radius 2 is 1.67 bits per heavy atom. The maximum Gasteiger partial charge on any atom is 0.325 e. The summed E-state index contributed by atoms with van der Waals surface area (Å²) >= 11 is 3.53. The van der Waals surface area contributed by atoms with Gasteiger partial charge in [-0.3, -0.25) is 9.88 Å². The third-order valence-electron chi connectivity index (χ3n) is 4.66. The van der Waals surface area contributed by atoms with Gasteiger partial charge in [0.15, 0.2) is 11.3 Å². The van der Waals surface area contributed by atoms with Crippen molar-refractivity contribution in [2.75, 3.05) is 45.1 Å². The number of carbonyl (C=O) groups excluding carboxylic acids is 1. The first-order chi connectivity index (χ1) is 20.7. The first kappa shape index (κ1) is 42.4. The number of urea groups is 1. The van der Waals surface area contributed by atoms with Gasteiger partial charge in [0.25, 0.3) is 0 Å². The molecule has 1 unspecified atom stereocenters. The van der Waals surface area contributed by atoms with Gasteiger partial charge in [0.1, 0.15) is 12.7 Å². The van der Waals surface area contributed by atoms with Crippen LogP contribution in [0.3, 0.4) is 0 Å². The molecule has 0 saturated heterocycles. The molecule has 43 heavy (non-hydrogen) atoms. The van der Waals surface area contributed by atoms with E-state index in [1.54, 1.807) is 20.5 Å². The van der Waals surface area contributed by atoms with E-state index in [-0.39, 0.29) is 12.2 Å². The van der Waals surface area contributed by atoms with E-state index in [2.05, 4.69) is 52.1 Å². The van der Waals surface area contributed by atoms with Crippen LogP contribution < -0.4 is 15.5 Å². The number of amides is 2. The largest absolute Gasteiger partial charge is 0.385 e. The monoisotopic (exact) mass is 646 g/mol. The third-order valence-corrected chi connectivity index (χ3v) is 5.56. The van der Waals surface area contributed by atoms with Crippen LogP contribution in [-0.2, 0) is 20.5 Å². The highest BCUT2D eigenvalue weighted by atomic mass is 32.1. The Morgan fingerprint density at radius 3 is 2.21 bits per heavy atom. The quantitative estimate of drug-likeness (QED) is 0.0764. The molecule has 2 aromatic heterocycles. The van der Waals surface area contributed by atoms with Gasteiger partial charge in [-0.15, -0.1) is 4.73 Å². The predicted molar refractivity (Wildman–Crippen MR) is 176 cm³/mol. The first-order valence-electron chi connectivity index (χ1n) is 14.1. The number of benzene rings is 1. The molecule has 2 heterocycles. The summed E-state index contributed by atoms with van der Waals surface area (Å²) in [5.41, 5.74) is 1.94. The number of carbonyl (C=O) groups is 1. The molecule has 0 aliphatic heterocycles. The number of methoxy groups -OCH3 is 2. The van der Waals surface area contributed by atoms with Gasteiger partial charge >= 0.3 is 13.6 Å². The van der Waals surface area contributed by atoms with Gasteiger partial charge in [0.2, 0.25) is 11.9 Å². The summed E-state index contributed by atoms with van der Waals surface area (Å²) < 4.78 is 21.8. The Labute approximate surface area is 261 Å². The molecule has 0 spiro atoms. The molecule has 1 aromatic carbocycles. The molecule has 0 radical (unpaired) electrons. The van der Waals surface area contributed by atoms with Crippen LogP contribution >= 0.6 is 20.2 Å². The smallest absolute Gasteiger partial charge is 0.325 e. The zero-order valence-corrected chi connectivity index (χ0v) is 28.5. The zero-order chi connectivity index (χ0) is 33.1. The minimum absolute atomic E-state index is 0.0314. The number of hydrogen-bond donors (Lipinski definition) is 5. The molecule has 3 aromatic rings. The number of nitrogens with zero attached hydrogens (tertiary/aromatic N) is 4. The molecule has 246 valence electrons. The number of aromatic nitrogens is 4. The second-order valence-electron chi connectivity index (χ2n) is 8.21. The molecule has 15 heteroatoms. The Hall–Kier alpha value is -2.74. The highest BCUT2D eigenvalue weighted by Gasteiger charge is 2.17. The van der Waals surface area contributed by atoms with Crippen LogP contribution in [0.25, 0.3) is 11.2 Å². The number of unbranched alkanes of at least 4 members (excludes halogenated alkanes) is 1. The first-order valence-corrected chi connectivity index (χ1v) is 16.8. The summed E-state index contributed by atoms with van der Waals surface area (Å²) in [4.78, 5) is 46.8. The second-order valence-corrected chi connectivity index (χ2v) is 9.98. The number of nitrogens with one attached hydrogen (secondary N) is 2. The molecule has 4 N–H and O–H groups in total. The maximum absolute atomic E-state index is 11.7. The Balaban J connectivity index is 0. The fourth-order valence-electron chi connectivity index (χ4n) is 2.96. The highest BCUT2D eigenvalue weighted by Crippen LogP contribution is 2.35. The van der Waals surface area contributed by atoms with Crippen molar-refractivity contribution in [2.45, 2.75) is 66.6 Å². The minimum atomic E-state index is -3.76. The Kier molecular flexibility index (Phi) is 26.5. The lowest BCUT2D eigenvalue weighted by atomic mass is 10.1. The number of rotatable bonds is 12. The lowest BCUT2D eigenvalue weighted by Gasteiger charge is -2.17. The van der Waals surface area contributed by atoms with Gasteiger partial charge < -0.3 is 29.4 Å². The van der Waals surface area contributed by atoms with E-state index in [9.17, 15) is 9.36 Å². The van der Waals surface area contributed by atoms with E-state index >= 15 is 0 Å². The van der Waals surface area contributed by atoms with Gasteiger partial charge in [-0.2, -0.15) is 12.6 Å². The molecule has 0 fully saturated rings. The number of anilines is 1. The van der Waals surface area contributed by atoms with Crippen molar-refractivity contribution < 1.29 is 33.5 Å². The van der Waals surface area contributed by atoms with Crippen molar-refractivity contribution in [3.8, 4) is 0 Å². The summed E-state index contributed by atoms with van der Waals surface area (Å²) in [5.74, 6) is 0.306. The second kappa shape index (κ2) is 26.9. The van der Waals surface area contributed by atoms with Crippen molar-refractivity contribution in [3.05, 3.63) is 48.5 Å². The minimum Gasteiger partial charge on any atom is -0.385 e. The van der Waals surface area contributed by atoms with Gasteiger partial charge in [0, 0.05) is 40.0 Å². The molecule has 0 aliphatic carbocycles. The fraction of sp³-hybridized carbons (Fsp3) is 0.571. The van der Waals surface area contributed by atoms with Crippen LogP contribution in [0.15, 0.2) is 43.0 Å². The van der Waals surface area contributed by atoms with Gasteiger partial charge in [-0.25, -0.2) is 19.7 Å². The molecule has 2 amide bonds. The molecule has 0 aliphatic rings. The predicted octanol–water partition coefficient (Wildman–Crippen LogP) is 5.19. The van der Waals surface area contributed by atoms with Crippen LogP contribution in [0.1, 0.15) is 59.4 Å². The van der Waals surface area contributed by atoms with E-state index in [1.807, 2.05) is 51.1 Å². The summed E-state index contributed by atoms with van der Waals surface area (Å²) in [6.07, 6.45) is 7.00. The van der Waals surface area contributed by atoms with Crippen LogP contribution in [0, 0.1) is 0 Å². The van der Waals surface area contributed by atoms with E-state index in [1.165, 1.54) is 23.8 Å². The van der Waals surface area contributed by atoms with Crippen molar-refractivity contribution in [3.63, 3.8) is 0 Å². The van der Waals surface area contributed by atoms with Gasteiger partial charge in [-0.1, -0.05) is 64.4 Å². The average molecular weight is 647 g/mol. The highest BCUT2D eigenvalue weighted by molar-refractivity contribution is 7.79. The number of fused-ring (bicyclic) bond motifs is 1. The van der Waals surface area contributed by atoms with Crippen molar-refractivity contribution in [2.24, 2.45) is 0 Å². The van der Waals surface area contributed by atoms with E-state index < -0.39 is 13.9 Å². The number of imidazole rings is 1. The lowest BCUT2D eigenvalue weighted by molar-refractivity contribution is -0.123. The third kappa shape index (κ3) is 20.0. The summed E-state index contributed by atoms with van der Waals surface area (Å²) in [6.45, 7) is 11.2. The maximum atomic E-state index is 11.7. The summed E-state index contributed by atoms with van der Waals surface area (Å²) in [7, 11) is -0.621. The van der Waals surface area contributed by atoms with Crippen molar-refractivity contribution >= 4 is 43.2 Å². The van der Waals surface area contributed by atoms with Crippen LogP contribution in [0.4, 0.5) is 10.6 Å². The standard InChI is InChI=1S/C17H20N6O3.C5H13O4P.C3H8.C2H6.CH4S/c1-3-18-17(24)22-15-14-16(20-10-19-15)23(11-21-14)26-13(25-2)9-12-7-5-4-6-8-12;1-9-4-2-3-5-10(6,7)8;1-3-2;2*1-2/h4-8,10-11,13H,3,9H2,1-2H3,(H2,18,19,20,22,24);2-5H2,1H3,(H2,6,7,8);3H2,1-2H3;1-2H3;2H,1H3. The van der Waals surface area contributed by atoms with Crippen molar-refractivity contribution in [1.82, 2.24) is 25.0 Å². The number of hydrogen-bond acceptors (Lipinski definition) is 9. The summed E-state index contributed by atoms with van der Waals surface area (Å²) in [6, 6.07) is 9.51. The number of ether oxygens (including phenoxy) is 2. The van der Waals surface area contributed by atoms with E-state index in [4.69, 9.17) is 24.1 Å². The topological polar surface area (TPSA) is 170 Å². The van der Waals surface area contributed by atoms with Crippen LogP contribution in [0.2, 0.25) is 0 Å². The Morgan fingerprint density at radius 1 is 1.05 bits per heavy atom. The fourth-order valence-corrected chi connectivity index (χ4v) is 3.59. The molecular formula is C28H51N6O7PS. The molecular weight excluding hydrogens is 595 g/mol. The zero-order valence-electron chi connectivity index (χ0n) is 26.7. The van der Waals surface area contributed by atoms with Gasteiger partial charge in [-0.05, 0) is 31.6 Å². The van der Waals surface area contributed by atoms with E-state index in [0.29, 0.717) is 49.4 Å². The normalized spacial score (nSPS) is 10.7. The van der Waals surface area contributed by atoms with Crippen LogP contribution in [-0.4, -0.2) is 81.6 Å². The van der Waals surface area contributed by atoms with Crippen molar-refractivity contribution in [1.29, 1.82) is 0 Å². The van der Waals surface area contributed by atoms with Crippen LogP contribution in [0.5, 0.6) is 0 Å². The molecule has 3 rings (SSSR count). The van der Waals surface area contributed by atoms with E-state index in [0.717, 1.165) is 5.56 Å². The van der Waals surface area contributed by atoms with Gasteiger partial charge in [0.05, 0.1) is 0 Å². The molecule has 0 saturated carbocycles. The lowest BCUT2D eigenvalue weighted by Crippen LogP contribution is -2.29. The molecule has 1 atom stereocenters. The SMILES string of the molecule is CC.CCC.CCNC(=O)Nc1ncnc2c1ncn2OC(Cc1ccccc1)OC.COCCCCP(=O)(O)O.CS. The summed E-state index contributed by atoms with van der Waals surface area (Å²) in [5, 5.41) is 5.28. The molecule has 13 nitrogen and oxygen atoms in total. The Bertz CT molecular complexity index is 1140.